The van der Waals surface area contributed by atoms with Crippen LogP contribution in [0.4, 0.5) is 0 Å². The van der Waals surface area contributed by atoms with Gasteiger partial charge in [0.25, 0.3) is 0 Å². The lowest BCUT2D eigenvalue weighted by molar-refractivity contribution is 0.152. The van der Waals surface area contributed by atoms with Crippen LogP contribution in [0, 0.1) is 6.92 Å². The van der Waals surface area contributed by atoms with E-state index >= 15 is 0 Å². The van der Waals surface area contributed by atoms with E-state index in [1.54, 1.807) is 0 Å². The van der Waals surface area contributed by atoms with Gasteiger partial charge in [0.05, 0.1) is 6.04 Å². The maximum atomic E-state index is 5.51. The zero-order valence-electron chi connectivity index (χ0n) is 15.0. The largest absolute Gasteiger partial charge is 0.424 e. The average molecular weight is 328 g/mol. The molecular formula is C19H28N4O. The minimum Gasteiger partial charge on any atom is -0.424 e. The molecule has 2 unspecified atom stereocenters. The number of benzene rings is 1. The lowest BCUT2D eigenvalue weighted by atomic mass is 10.0. The van der Waals surface area contributed by atoms with Gasteiger partial charge in [0, 0.05) is 26.1 Å². The summed E-state index contributed by atoms with van der Waals surface area (Å²) in [6.45, 7) is 9.27. The van der Waals surface area contributed by atoms with Crippen LogP contribution in [0.15, 0.2) is 28.7 Å². The van der Waals surface area contributed by atoms with Crippen LogP contribution in [-0.4, -0.2) is 27.7 Å². The van der Waals surface area contributed by atoms with E-state index in [1.807, 2.05) is 6.92 Å². The first-order chi connectivity index (χ1) is 11.6. The van der Waals surface area contributed by atoms with Crippen LogP contribution in [0.3, 0.4) is 0 Å². The van der Waals surface area contributed by atoms with Gasteiger partial charge in [-0.2, -0.15) is 0 Å². The molecule has 1 aliphatic heterocycles. The molecule has 1 saturated heterocycles. The first-order valence-electron chi connectivity index (χ1n) is 8.97. The number of nitrogens with one attached hydrogen (secondary N) is 1. The fourth-order valence-electron chi connectivity index (χ4n) is 3.33. The summed E-state index contributed by atoms with van der Waals surface area (Å²) in [5.74, 6) is 1.26. The smallest absolute Gasteiger partial charge is 0.233 e. The molecule has 5 heteroatoms. The summed E-state index contributed by atoms with van der Waals surface area (Å²) in [6.07, 6.45) is 3.99. The fourth-order valence-corrected chi connectivity index (χ4v) is 3.33. The molecule has 0 radical (unpaired) electrons. The monoisotopic (exact) mass is 328 g/mol. The number of likely N-dealkylation sites (tertiary alicyclic amines) is 1. The quantitative estimate of drug-likeness (QED) is 0.878. The van der Waals surface area contributed by atoms with Crippen LogP contribution in [0.2, 0.25) is 0 Å². The van der Waals surface area contributed by atoms with Crippen LogP contribution in [0.1, 0.15) is 62.1 Å². The van der Waals surface area contributed by atoms with Crippen LogP contribution >= 0.6 is 0 Å². The molecule has 1 aromatic heterocycles. The van der Waals surface area contributed by atoms with Crippen molar-refractivity contribution in [3.8, 4) is 0 Å². The molecule has 1 aromatic carbocycles. The summed E-state index contributed by atoms with van der Waals surface area (Å²) < 4.78 is 5.51. The molecule has 0 spiro atoms. The van der Waals surface area contributed by atoms with Gasteiger partial charge in [-0.25, -0.2) is 0 Å². The Bertz CT molecular complexity index is 654. The van der Waals surface area contributed by atoms with Crippen molar-refractivity contribution < 1.29 is 4.42 Å². The average Bonchev–Trinajstić information content (AvgIpc) is 3.02. The number of rotatable bonds is 6. The topological polar surface area (TPSA) is 54.2 Å². The Morgan fingerprint density at radius 2 is 2.04 bits per heavy atom. The van der Waals surface area contributed by atoms with E-state index < -0.39 is 0 Å². The molecule has 1 N–H and O–H groups in total. The van der Waals surface area contributed by atoms with Gasteiger partial charge in [0.2, 0.25) is 11.8 Å². The molecule has 0 saturated carbocycles. The number of hydrogen-bond acceptors (Lipinski definition) is 5. The predicted octanol–water partition coefficient (Wildman–Crippen LogP) is 3.60. The van der Waals surface area contributed by atoms with Crippen LogP contribution < -0.4 is 5.32 Å². The van der Waals surface area contributed by atoms with Gasteiger partial charge in [-0.1, -0.05) is 30.7 Å². The summed E-state index contributed by atoms with van der Waals surface area (Å²) >= 11 is 0. The molecule has 0 amide bonds. The van der Waals surface area contributed by atoms with Gasteiger partial charge in [-0.3, -0.25) is 4.90 Å². The summed E-state index contributed by atoms with van der Waals surface area (Å²) in [6, 6.07) is 9.44. The van der Waals surface area contributed by atoms with Crippen molar-refractivity contribution in [2.24, 2.45) is 0 Å². The Balaban J connectivity index is 1.63. The van der Waals surface area contributed by atoms with Crippen molar-refractivity contribution in [1.29, 1.82) is 0 Å². The maximum absolute atomic E-state index is 5.51. The third-order valence-electron chi connectivity index (χ3n) is 4.94. The Morgan fingerprint density at radius 3 is 2.75 bits per heavy atom. The highest BCUT2D eigenvalue weighted by atomic mass is 16.4. The SMILES string of the molecule is Cc1nnc(C(C)NCc2ccccc2CN2CCCCC2C)o1. The van der Waals surface area contributed by atoms with Crippen molar-refractivity contribution in [3.63, 3.8) is 0 Å². The molecule has 0 bridgehead atoms. The second-order valence-electron chi connectivity index (χ2n) is 6.85. The third kappa shape index (κ3) is 4.22. The van der Waals surface area contributed by atoms with E-state index in [0.717, 1.165) is 13.1 Å². The van der Waals surface area contributed by atoms with Crippen molar-refractivity contribution in [1.82, 2.24) is 20.4 Å². The van der Waals surface area contributed by atoms with E-state index in [0.29, 0.717) is 17.8 Å². The van der Waals surface area contributed by atoms with Crippen LogP contribution in [0.5, 0.6) is 0 Å². The Morgan fingerprint density at radius 1 is 1.25 bits per heavy atom. The van der Waals surface area contributed by atoms with Crippen molar-refractivity contribution in [2.45, 2.75) is 65.2 Å². The van der Waals surface area contributed by atoms with E-state index in [9.17, 15) is 0 Å². The van der Waals surface area contributed by atoms with E-state index in [4.69, 9.17) is 4.42 Å². The molecule has 5 nitrogen and oxygen atoms in total. The van der Waals surface area contributed by atoms with E-state index in [-0.39, 0.29) is 6.04 Å². The van der Waals surface area contributed by atoms with Gasteiger partial charge in [-0.15, -0.1) is 10.2 Å². The highest BCUT2D eigenvalue weighted by Gasteiger charge is 2.19. The standard InChI is InChI=1S/C19H28N4O/c1-14-8-6-7-11-23(14)13-18-10-5-4-9-17(18)12-20-15(2)19-22-21-16(3)24-19/h4-5,9-10,14-15,20H,6-8,11-13H2,1-3H3. The van der Waals surface area contributed by atoms with Gasteiger partial charge in [0.15, 0.2) is 0 Å². The third-order valence-corrected chi connectivity index (χ3v) is 4.94. The predicted molar refractivity (Wildman–Crippen MR) is 94.5 cm³/mol. The summed E-state index contributed by atoms with van der Waals surface area (Å²) in [5.41, 5.74) is 2.76. The van der Waals surface area contributed by atoms with Crippen LogP contribution in [-0.2, 0) is 13.1 Å². The van der Waals surface area contributed by atoms with Crippen molar-refractivity contribution in [2.75, 3.05) is 6.54 Å². The highest BCUT2D eigenvalue weighted by Crippen LogP contribution is 2.21. The second-order valence-corrected chi connectivity index (χ2v) is 6.85. The molecule has 0 aliphatic carbocycles. The molecule has 130 valence electrons. The number of piperidine rings is 1. The number of nitrogens with zero attached hydrogens (tertiary/aromatic N) is 3. The van der Waals surface area contributed by atoms with Crippen molar-refractivity contribution in [3.05, 3.63) is 47.2 Å². The fraction of sp³-hybridized carbons (Fsp3) is 0.579. The van der Waals surface area contributed by atoms with Gasteiger partial charge in [0.1, 0.15) is 0 Å². The van der Waals surface area contributed by atoms with E-state index in [2.05, 4.69) is 58.5 Å². The Labute approximate surface area is 144 Å². The van der Waals surface area contributed by atoms with Gasteiger partial charge in [-0.05, 0) is 44.4 Å². The summed E-state index contributed by atoms with van der Waals surface area (Å²) in [5, 5.41) is 11.5. The first-order valence-corrected chi connectivity index (χ1v) is 8.97. The number of hydrogen-bond donors (Lipinski definition) is 1. The number of aryl methyl sites for hydroxylation is 1. The second kappa shape index (κ2) is 7.90. The normalized spacial score (nSPS) is 20.2. The summed E-state index contributed by atoms with van der Waals surface area (Å²) in [7, 11) is 0. The molecular weight excluding hydrogens is 300 g/mol. The minimum atomic E-state index is 0.0492. The highest BCUT2D eigenvalue weighted by molar-refractivity contribution is 5.27. The lowest BCUT2D eigenvalue weighted by Gasteiger charge is -2.33. The zero-order chi connectivity index (χ0) is 16.9. The molecule has 2 atom stereocenters. The van der Waals surface area contributed by atoms with Crippen LogP contribution in [0.25, 0.3) is 0 Å². The molecule has 1 aliphatic rings. The number of aromatic nitrogens is 2. The van der Waals surface area contributed by atoms with Crippen molar-refractivity contribution >= 4 is 0 Å². The molecule has 3 rings (SSSR count). The molecule has 24 heavy (non-hydrogen) atoms. The first kappa shape index (κ1) is 17.1. The maximum Gasteiger partial charge on any atom is 0.233 e. The Hall–Kier alpha value is -1.72. The van der Waals surface area contributed by atoms with E-state index in [1.165, 1.54) is 36.9 Å². The zero-order valence-corrected chi connectivity index (χ0v) is 15.0. The Kier molecular flexibility index (Phi) is 5.63. The molecule has 2 aromatic rings. The minimum absolute atomic E-state index is 0.0492. The molecule has 1 fully saturated rings. The van der Waals surface area contributed by atoms with Gasteiger partial charge >= 0.3 is 0 Å². The van der Waals surface area contributed by atoms with Gasteiger partial charge < -0.3 is 9.73 Å². The summed E-state index contributed by atoms with van der Waals surface area (Å²) in [4.78, 5) is 2.60. The lowest BCUT2D eigenvalue weighted by Crippen LogP contribution is -2.37. The molecule has 2 heterocycles.